The Labute approximate surface area is 578 Å². The molecule has 0 spiro atoms. The van der Waals surface area contributed by atoms with Crippen LogP contribution in [0.15, 0.2) is 177 Å². The third-order valence-electron chi connectivity index (χ3n) is 15.9. The molecule has 18 nitrogen and oxygen atoms in total. The van der Waals surface area contributed by atoms with Gasteiger partial charge in [0.2, 0.25) is 5.88 Å². The summed E-state index contributed by atoms with van der Waals surface area (Å²) in [5.41, 5.74) is -0.280. The number of rotatable bonds is 33. The number of ether oxygens (including phenoxy) is 3. The lowest BCUT2D eigenvalue weighted by atomic mass is 9.77. The van der Waals surface area contributed by atoms with Crippen LogP contribution in [0.4, 0.5) is 5.13 Å². The number of nitrogens with zero attached hydrogens (tertiary/aromatic N) is 5. The van der Waals surface area contributed by atoms with E-state index in [1.165, 1.54) is 117 Å². The molecule has 0 aliphatic carbocycles. The summed E-state index contributed by atoms with van der Waals surface area (Å²) in [6, 6.07) is 44.3. The van der Waals surface area contributed by atoms with Crippen molar-refractivity contribution in [2.75, 3.05) is 50.1 Å². The van der Waals surface area contributed by atoms with Crippen molar-refractivity contribution in [3.05, 3.63) is 196 Å². The Morgan fingerprint density at radius 1 is 0.768 bits per heavy atom. The number of fused-ring (bicyclic) bond motifs is 1. The number of β-lactam (4-membered cyclic amide) rings is 1. The number of thioether (sulfide) groups is 3. The van der Waals surface area contributed by atoms with Crippen molar-refractivity contribution in [3.63, 3.8) is 0 Å². The number of anilines is 1. The first-order chi connectivity index (χ1) is 45.9. The number of hydrogen-bond donors (Lipinski definition) is 4. The van der Waals surface area contributed by atoms with E-state index in [0.717, 1.165) is 51.7 Å². The standard InChI is InChI=1S/C56H50N6O11S5.C16H36N/c1-55(2,3)72-51(69)52(77-39-23-15-8-16-24-39)73-60-42(40-32-76-54(57-40)59-56(35-17-9-5-10-18-35,36-19-11-6-12-20-36)37-21-13-7-14-22-37)46(64)58-43-47(65)62-44(50(68)71-29-33-25-27-38(70-4)28-26-33)34(30-74-48(43)62)31-75-53-41(49(66)67)45(63)61-78-53;1-5-9-13-17(14-10-6-2,15-11-7-3)16-12-8-4/h5-28,32,43,48,52H,29-31H2,1-4H3,(H,57,59)(H,58,64)(H,61,63)(H,66,67);5-16H2,1-4H3/q;+1/b60-42-;/t43-,48+,52-;/m1./s1. The summed E-state index contributed by atoms with van der Waals surface area (Å²) in [4.78, 5) is 82.4. The zero-order valence-electron chi connectivity index (χ0n) is 55.1. The number of aromatic nitrogens is 2. The lowest BCUT2D eigenvalue weighted by Gasteiger charge is -2.49. The second-order valence-electron chi connectivity index (χ2n) is 24.0. The molecule has 0 saturated carbocycles. The maximum atomic E-state index is 15.0. The number of carboxylic acid groups (broad SMARTS) is 1. The molecule has 2 amide bonds. The summed E-state index contributed by atoms with van der Waals surface area (Å²) in [6.07, 6.45) is 11.1. The van der Waals surface area contributed by atoms with Crippen molar-refractivity contribution in [2.45, 2.75) is 144 Å². The van der Waals surface area contributed by atoms with Gasteiger partial charge in [-0.25, -0.2) is 19.4 Å². The smallest absolute Gasteiger partial charge is 0.361 e. The largest absolute Gasteiger partial charge is 0.497 e. The van der Waals surface area contributed by atoms with Crippen LogP contribution in [0, 0.1) is 0 Å². The molecule has 1 fully saturated rings. The summed E-state index contributed by atoms with van der Waals surface area (Å²) < 4.78 is 22.2. The fraction of sp³-hybridized carbons (Fsp3) is 0.389. The molecule has 4 heterocycles. The van der Waals surface area contributed by atoms with Crippen LogP contribution in [-0.2, 0) is 45.6 Å². The summed E-state index contributed by atoms with van der Waals surface area (Å²) >= 11 is 5.31. The molecule has 0 radical (unpaired) electrons. The van der Waals surface area contributed by atoms with Crippen LogP contribution in [0.3, 0.4) is 0 Å². The Hall–Kier alpha value is -7.67. The Balaban J connectivity index is 0.000000597. The average Bonchev–Trinajstić information content (AvgIpc) is 1.21. The maximum Gasteiger partial charge on any atom is 0.361 e. The zero-order chi connectivity index (χ0) is 68.0. The number of methoxy groups -OCH3 is 1. The van der Waals surface area contributed by atoms with Gasteiger partial charge in [-0.3, -0.25) is 14.5 Å². The maximum absolute atomic E-state index is 15.0. The zero-order valence-corrected chi connectivity index (χ0v) is 59.2. The van der Waals surface area contributed by atoms with E-state index < -0.39 is 63.6 Å². The molecule has 0 unspecified atom stereocenters. The topological polar surface area (TPSA) is 228 Å². The summed E-state index contributed by atoms with van der Waals surface area (Å²) in [5.74, 6) is -4.32. The number of esters is 2. The summed E-state index contributed by atoms with van der Waals surface area (Å²) in [5, 5.41) is 32.0. The van der Waals surface area contributed by atoms with E-state index in [4.69, 9.17) is 24.0 Å². The molecule has 4 N–H and O–H groups in total. The van der Waals surface area contributed by atoms with Crippen LogP contribution in [0.25, 0.3) is 0 Å². The fourth-order valence-corrected chi connectivity index (χ4v) is 16.0. The molecule has 3 atom stereocenters. The number of hydrogen-bond acceptors (Lipinski definition) is 19. The number of aromatic carboxylic acids is 1. The van der Waals surface area contributed by atoms with Crippen LogP contribution >= 0.6 is 58.2 Å². The van der Waals surface area contributed by atoms with E-state index in [1.807, 2.05) is 97.1 Å². The highest BCUT2D eigenvalue weighted by molar-refractivity contribution is 8.02. The van der Waals surface area contributed by atoms with E-state index in [9.17, 15) is 34.2 Å². The number of carbonyl (C=O) groups excluding carboxylic acids is 4. The van der Waals surface area contributed by atoms with Crippen LogP contribution in [0.2, 0.25) is 0 Å². The molecule has 0 bridgehead atoms. The van der Waals surface area contributed by atoms with Crippen molar-refractivity contribution in [3.8, 4) is 11.6 Å². The summed E-state index contributed by atoms with van der Waals surface area (Å²) in [6.45, 7) is 20.0. The van der Waals surface area contributed by atoms with Crippen molar-refractivity contribution in [1.82, 2.24) is 19.6 Å². The number of aromatic hydroxyl groups is 1. The molecule has 2 aromatic heterocycles. The molecule has 9 rings (SSSR count). The van der Waals surface area contributed by atoms with E-state index in [-0.39, 0.29) is 45.0 Å². The highest BCUT2D eigenvalue weighted by atomic mass is 32.2. The minimum atomic E-state index is -1.41. The van der Waals surface area contributed by atoms with Gasteiger partial charge in [0.25, 0.3) is 17.3 Å². The Morgan fingerprint density at radius 3 is 1.81 bits per heavy atom. The quantitative estimate of drug-likeness (QED) is 0.00438. The second kappa shape index (κ2) is 35.4. The lowest BCUT2D eigenvalue weighted by Crippen LogP contribution is -2.71. The predicted octanol–water partition coefficient (Wildman–Crippen LogP) is 14.8. The molecule has 7 aromatic rings. The van der Waals surface area contributed by atoms with Gasteiger partial charge in [-0.05, 0) is 110 Å². The Morgan fingerprint density at radius 2 is 1.31 bits per heavy atom. The first-order valence-corrected chi connectivity index (χ1v) is 36.7. The monoisotopic (exact) mass is 1380 g/mol. The van der Waals surface area contributed by atoms with Gasteiger partial charge in [-0.1, -0.05) is 192 Å². The van der Waals surface area contributed by atoms with Crippen molar-refractivity contribution < 1.29 is 57.7 Å². The van der Waals surface area contributed by atoms with Gasteiger partial charge in [0.15, 0.2) is 10.8 Å². The third-order valence-corrected chi connectivity index (χ3v) is 21.2. The number of nitrogens with one attached hydrogen (secondary N) is 2. The molecule has 2 aliphatic rings. The van der Waals surface area contributed by atoms with Gasteiger partial charge >= 0.3 is 17.9 Å². The number of amides is 2. The fourth-order valence-electron chi connectivity index (χ4n) is 11.0. The summed E-state index contributed by atoms with van der Waals surface area (Å²) in [7, 11) is 1.53. The number of benzene rings is 5. The highest BCUT2D eigenvalue weighted by Crippen LogP contribution is 2.45. The molecular formula is C72H86N7O11S5+. The minimum Gasteiger partial charge on any atom is -0.497 e. The molecular weight excluding hydrogens is 1300 g/mol. The highest BCUT2D eigenvalue weighted by Gasteiger charge is 2.55. The molecule has 23 heteroatoms. The molecule has 504 valence electrons. The second-order valence-corrected chi connectivity index (χ2v) is 29.1. The predicted molar refractivity (Wildman–Crippen MR) is 380 cm³/mol. The molecule has 1 saturated heterocycles. The number of unbranched alkanes of at least 4 members (excludes halogenated alkanes) is 4. The Bertz CT molecular complexity index is 3570. The number of oxime groups is 1. The van der Waals surface area contributed by atoms with E-state index >= 15 is 0 Å². The van der Waals surface area contributed by atoms with E-state index in [0.29, 0.717) is 26.9 Å². The normalized spacial score (nSPS) is 15.1. The molecule has 2 aliphatic heterocycles. The van der Waals surface area contributed by atoms with Gasteiger partial charge < -0.3 is 44.4 Å². The van der Waals surface area contributed by atoms with Gasteiger partial charge in [-0.15, -0.1) is 34.9 Å². The number of thiazole rings is 1. The van der Waals surface area contributed by atoms with Gasteiger partial charge in [0, 0.05) is 21.8 Å². The van der Waals surface area contributed by atoms with Gasteiger partial charge in [0.1, 0.15) is 51.9 Å². The Kier molecular flexibility index (Phi) is 27.2. The lowest BCUT2D eigenvalue weighted by molar-refractivity contribution is -0.929. The minimum absolute atomic E-state index is 0.0314. The van der Waals surface area contributed by atoms with Crippen LogP contribution in [-0.4, -0.2) is 132 Å². The first kappa shape index (κ1) is 73.1. The first-order valence-electron chi connectivity index (χ1n) is 32.1. The van der Waals surface area contributed by atoms with Gasteiger partial charge in [0.05, 0.1) is 37.5 Å². The van der Waals surface area contributed by atoms with Crippen LogP contribution in [0.5, 0.6) is 11.6 Å². The van der Waals surface area contributed by atoms with E-state index in [2.05, 4.69) is 47.9 Å². The number of carbonyl (C=O) groups is 5. The van der Waals surface area contributed by atoms with E-state index in [1.54, 1.807) is 74.7 Å². The average molecular weight is 1390 g/mol. The van der Waals surface area contributed by atoms with Crippen molar-refractivity contribution >= 4 is 98.7 Å². The molecule has 95 heavy (non-hydrogen) atoms. The van der Waals surface area contributed by atoms with Crippen molar-refractivity contribution in [1.29, 1.82) is 0 Å². The van der Waals surface area contributed by atoms with Crippen LogP contribution < -0.4 is 15.4 Å². The van der Waals surface area contributed by atoms with Gasteiger partial charge in [-0.2, -0.15) is 4.37 Å². The third kappa shape index (κ3) is 19.3. The molecule has 5 aromatic carbocycles. The number of quaternary nitrogens is 1. The SMILES string of the molecule is CCCC[N+](CCCC)(CCCC)CCCC.COc1ccc(COC(=O)C2=C(CSc3snc(O)c3C(=O)O)CS[C@H]3[C@H](NC(=O)/C(=N\O[C@H](Sc4ccccc4)C(=O)OC(C)(C)C)c4csc(NC(c5ccccc5)(c5ccccc5)c5ccccc5)n4)C(=O)N23)cc1. The van der Waals surface area contributed by atoms with Crippen LogP contribution in [0.1, 0.15) is 138 Å². The number of carboxylic acids is 1. The van der Waals surface area contributed by atoms with Crippen molar-refractivity contribution in [2.24, 2.45) is 5.16 Å².